The molecule has 3 amide bonds. The van der Waals surface area contributed by atoms with Crippen molar-refractivity contribution >= 4 is 17.6 Å². The number of carbonyl (C=O) groups is 2. The summed E-state index contributed by atoms with van der Waals surface area (Å²) in [7, 11) is 1.75. The average Bonchev–Trinajstić information content (AvgIpc) is 2.68. The molecule has 142 valence electrons. The SMILES string of the molecule is Cc1ccc(-c2ccc(NC(=O)N(C)CCN3CCCCC3=O)cc2)cc1. The van der Waals surface area contributed by atoms with E-state index in [-0.39, 0.29) is 11.9 Å². The van der Waals surface area contributed by atoms with Crippen LogP contribution in [0.15, 0.2) is 48.5 Å². The highest BCUT2D eigenvalue weighted by Gasteiger charge is 2.19. The van der Waals surface area contributed by atoms with Gasteiger partial charge < -0.3 is 15.1 Å². The molecule has 27 heavy (non-hydrogen) atoms. The lowest BCUT2D eigenvalue weighted by atomic mass is 10.0. The molecule has 0 atom stereocenters. The molecule has 1 heterocycles. The molecule has 1 saturated heterocycles. The fraction of sp³-hybridized carbons (Fsp3) is 0.364. The van der Waals surface area contributed by atoms with E-state index in [0.717, 1.165) is 36.2 Å². The molecule has 0 aromatic heterocycles. The van der Waals surface area contributed by atoms with Gasteiger partial charge in [0.1, 0.15) is 0 Å². The molecule has 2 aromatic rings. The largest absolute Gasteiger partial charge is 0.341 e. The molecule has 1 aliphatic rings. The van der Waals surface area contributed by atoms with Crippen LogP contribution >= 0.6 is 0 Å². The number of aryl methyl sites for hydroxylation is 1. The number of nitrogens with zero attached hydrogens (tertiary/aromatic N) is 2. The van der Waals surface area contributed by atoms with E-state index in [0.29, 0.717) is 19.5 Å². The van der Waals surface area contributed by atoms with Crippen molar-refractivity contribution in [2.24, 2.45) is 0 Å². The van der Waals surface area contributed by atoms with Crippen LogP contribution in [0.4, 0.5) is 10.5 Å². The Morgan fingerprint density at radius 3 is 2.30 bits per heavy atom. The summed E-state index contributed by atoms with van der Waals surface area (Å²) in [5, 5.41) is 2.91. The highest BCUT2D eigenvalue weighted by molar-refractivity contribution is 5.89. The summed E-state index contributed by atoms with van der Waals surface area (Å²) in [6.45, 7) is 3.99. The van der Waals surface area contributed by atoms with Gasteiger partial charge in [-0.3, -0.25) is 4.79 Å². The summed E-state index contributed by atoms with van der Waals surface area (Å²) in [5.41, 5.74) is 4.26. The minimum absolute atomic E-state index is 0.164. The third kappa shape index (κ3) is 5.09. The fourth-order valence-corrected chi connectivity index (χ4v) is 3.18. The molecule has 0 radical (unpaired) electrons. The molecule has 5 nitrogen and oxygen atoms in total. The van der Waals surface area contributed by atoms with Crippen molar-refractivity contribution in [1.82, 2.24) is 9.80 Å². The number of rotatable bonds is 5. The van der Waals surface area contributed by atoms with Gasteiger partial charge in [0, 0.05) is 38.8 Å². The topological polar surface area (TPSA) is 52.7 Å². The number of nitrogens with one attached hydrogen (secondary N) is 1. The van der Waals surface area contributed by atoms with Crippen molar-refractivity contribution in [2.45, 2.75) is 26.2 Å². The van der Waals surface area contributed by atoms with E-state index in [9.17, 15) is 9.59 Å². The van der Waals surface area contributed by atoms with E-state index in [2.05, 4.69) is 36.5 Å². The summed E-state index contributed by atoms with van der Waals surface area (Å²) < 4.78 is 0. The van der Waals surface area contributed by atoms with Crippen LogP contribution in [0.3, 0.4) is 0 Å². The molecule has 3 rings (SSSR count). The van der Waals surface area contributed by atoms with Crippen LogP contribution in [0, 0.1) is 6.92 Å². The smallest absolute Gasteiger partial charge is 0.321 e. The van der Waals surface area contributed by atoms with Gasteiger partial charge in [0.2, 0.25) is 5.91 Å². The Morgan fingerprint density at radius 2 is 1.67 bits per heavy atom. The minimum atomic E-state index is -0.164. The van der Waals surface area contributed by atoms with Crippen LogP contribution in [0.1, 0.15) is 24.8 Å². The molecule has 0 saturated carbocycles. The molecule has 2 aromatic carbocycles. The number of hydrogen-bond donors (Lipinski definition) is 1. The van der Waals surface area contributed by atoms with Gasteiger partial charge in [0.05, 0.1) is 0 Å². The summed E-state index contributed by atoms with van der Waals surface area (Å²) in [6, 6.07) is 16.0. The zero-order valence-corrected chi connectivity index (χ0v) is 16.1. The Hall–Kier alpha value is -2.82. The van der Waals surface area contributed by atoms with Crippen molar-refractivity contribution in [3.8, 4) is 11.1 Å². The van der Waals surface area contributed by atoms with E-state index >= 15 is 0 Å². The first-order valence-corrected chi connectivity index (χ1v) is 9.50. The van der Waals surface area contributed by atoms with Gasteiger partial charge in [-0.25, -0.2) is 4.79 Å². The van der Waals surface area contributed by atoms with Gasteiger partial charge in [-0.05, 0) is 43.0 Å². The number of carbonyl (C=O) groups excluding carboxylic acids is 2. The molecule has 0 spiro atoms. The van der Waals surface area contributed by atoms with Crippen molar-refractivity contribution in [3.05, 3.63) is 54.1 Å². The summed E-state index contributed by atoms with van der Waals surface area (Å²) >= 11 is 0. The molecule has 5 heteroatoms. The highest BCUT2D eigenvalue weighted by Crippen LogP contribution is 2.22. The third-order valence-corrected chi connectivity index (χ3v) is 4.99. The van der Waals surface area contributed by atoms with E-state index in [1.165, 1.54) is 5.56 Å². The maximum Gasteiger partial charge on any atom is 0.321 e. The Balaban J connectivity index is 1.52. The van der Waals surface area contributed by atoms with Crippen molar-refractivity contribution in [1.29, 1.82) is 0 Å². The summed E-state index contributed by atoms with van der Waals surface area (Å²) in [6.07, 6.45) is 2.66. The molecule has 0 bridgehead atoms. The number of benzene rings is 2. The van der Waals surface area contributed by atoms with Crippen LogP contribution in [-0.4, -0.2) is 48.4 Å². The summed E-state index contributed by atoms with van der Waals surface area (Å²) in [5.74, 6) is 0.196. The molecule has 1 N–H and O–H groups in total. The van der Waals surface area contributed by atoms with E-state index in [1.54, 1.807) is 11.9 Å². The predicted octanol–water partition coefficient (Wildman–Crippen LogP) is 4.14. The van der Waals surface area contributed by atoms with Gasteiger partial charge in [0.25, 0.3) is 0 Å². The average molecular weight is 365 g/mol. The Bertz CT molecular complexity index is 784. The zero-order valence-electron chi connectivity index (χ0n) is 16.1. The van der Waals surface area contributed by atoms with Gasteiger partial charge in [-0.15, -0.1) is 0 Å². The van der Waals surface area contributed by atoms with Gasteiger partial charge in [0.15, 0.2) is 0 Å². The number of likely N-dealkylation sites (N-methyl/N-ethyl adjacent to an activating group) is 1. The number of likely N-dealkylation sites (tertiary alicyclic amines) is 1. The highest BCUT2D eigenvalue weighted by atomic mass is 16.2. The van der Waals surface area contributed by atoms with E-state index in [4.69, 9.17) is 0 Å². The van der Waals surface area contributed by atoms with Gasteiger partial charge in [-0.1, -0.05) is 42.0 Å². The number of urea groups is 1. The fourth-order valence-electron chi connectivity index (χ4n) is 3.18. The van der Waals surface area contributed by atoms with Crippen LogP contribution in [0.2, 0.25) is 0 Å². The molecule has 1 fully saturated rings. The minimum Gasteiger partial charge on any atom is -0.341 e. The van der Waals surface area contributed by atoms with Crippen LogP contribution in [-0.2, 0) is 4.79 Å². The van der Waals surface area contributed by atoms with Crippen molar-refractivity contribution in [2.75, 3.05) is 32.0 Å². The third-order valence-electron chi connectivity index (χ3n) is 4.99. The maximum absolute atomic E-state index is 12.4. The number of hydrogen-bond acceptors (Lipinski definition) is 2. The van der Waals surface area contributed by atoms with Crippen molar-refractivity contribution < 1.29 is 9.59 Å². The van der Waals surface area contributed by atoms with Crippen LogP contribution < -0.4 is 5.32 Å². The normalized spacial score (nSPS) is 14.1. The van der Waals surface area contributed by atoms with Crippen LogP contribution in [0.25, 0.3) is 11.1 Å². The maximum atomic E-state index is 12.4. The quantitative estimate of drug-likeness (QED) is 0.866. The van der Waals surface area contributed by atoms with Gasteiger partial charge >= 0.3 is 6.03 Å². The van der Waals surface area contributed by atoms with Crippen molar-refractivity contribution in [3.63, 3.8) is 0 Å². The molecule has 0 aliphatic carbocycles. The second-order valence-corrected chi connectivity index (χ2v) is 7.13. The number of anilines is 1. The summed E-state index contributed by atoms with van der Waals surface area (Å²) in [4.78, 5) is 27.7. The first kappa shape index (κ1) is 19.0. The monoisotopic (exact) mass is 365 g/mol. The van der Waals surface area contributed by atoms with Crippen LogP contribution in [0.5, 0.6) is 0 Å². The molecule has 1 aliphatic heterocycles. The standard InChI is InChI=1S/C22H27N3O2/c1-17-6-8-18(9-7-17)19-10-12-20(13-11-19)23-22(27)24(2)15-16-25-14-4-3-5-21(25)26/h6-13H,3-5,14-16H2,1-2H3,(H,23,27). The molecular formula is C22H27N3O2. The lowest BCUT2D eigenvalue weighted by Crippen LogP contribution is -2.42. The Labute approximate surface area is 161 Å². The zero-order chi connectivity index (χ0) is 19.2. The van der Waals surface area contributed by atoms with E-state index in [1.807, 2.05) is 29.2 Å². The molecular weight excluding hydrogens is 338 g/mol. The molecule has 0 unspecified atom stereocenters. The first-order valence-electron chi connectivity index (χ1n) is 9.50. The lowest BCUT2D eigenvalue weighted by Gasteiger charge is -2.28. The first-order chi connectivity index (χ1) is 13.0. The lowest BCUT2D eigenvalue weighted by molar-refractivity contribution is -0.133. The Morgan fingerprint density at radius 1 is 1.04 bits per heavy atom. The second-order valence-electron chi connectivity index (χ2n) is 7.13. The second kappa shape index (κ2) is 8.71. The Kier molecular flexibility index (Phi) is 6.12. The number of piperidine rings is 1. The predicted molar refractivity (Wildman–Crippen MR) is 109 cm³/mol. The van der Waals surface area contributed by atoms with E-state index < -0.39 is 0 Å². The van der Waals surface area contributed by atoms with Gasteiger partial charge in [-0.2, -0.15) is 0 Å². The number of amides is 3.